The van der Waals surface area contributed by atoms with E-state index in [1.807, 2.05) is 54.6 Å². The fourth-order valence-electron chi connectivity index (χ4n) is 3.04. The first kappa shape index (κ1) is 22.9. The molecule has 0 heterocycles. The van der Waals surface area contributed by atoms with Crippen LogP contribution in [0, 0.1) is 0 Å². The molecule has 0 saturated carbocycles. The van der Waals surface area contributed by atoms with Crippen molar-refractivity contribution in [2.45, 2.75) is 26.4 Å². The number of amides is 2. The van der Waals surface area contributed by atoms with Crippen LogP contribution >= 0.6 is 0 Å². The van der Waals surface area contributed by atoms with E-state index in [1.54, 1.807) is 24.3 Å². The van der Waals surface area contributed by atoms with Gasteiger partial charge in [0, 0.05) is 29.5 Å². The van der Waals surface area contributed by atoms with Crippen molar-refractivity contribution in [2.75, 3.05) is 23.7 Å². The Hall–Kier alpha value is -3.80. The van der Waals surface area contributed by atoms with Crippen molar-refractivity contribution in [1.29, 1.82) is 0 Å². The van der Waals surface area contributed by atoms with Gasteiger partial charge in [0.05, 0.1) is 6.54 Å². The Morgan fingerprint density at radius 3 is 2.47 bits per heavy atom. The predicted molar refractivity (Wildman–Crippen MR) is 128 cm³/mol. The highest BCUT2D eigenvalue weighted by molar-refractivity contribution is 5.96. The molecule has 0 fully saturated rings. The van der Waals surface area contributed by atoms with Crippen LogP contribution in [0.25, 0.3) is 0 Å². The summed E-state index contributed by atoms with van der Waals surface area (Å²) in [4.78, 5) is 24.6. The quantitative estimate of drug-likeness (QED) is 0.379. The average Bonchev–Trinajstić information content (AvgIpc) is 2.83. The van der Waals surface area contributed by atoms with Gasteiger partial charge < -0.3 is 20.7 Å². The van der Waals surface area contributed by atoms with Crippen LogP contribution in [0.15, 0.2) is 78.9 Å². The largest absolute Gasteiger partial charge is 0.489 e. The molecule has 3 N–H and O–H groups in total. The zero-order valence-corrected chi connectivity index (χ0v) is 18.3. The number of anilines is 2. The minimum Gasteiger partial charge on any atom is -0.489 e. The van der Waals surface area contributed by atoms with Gasteiger partial charge in [0.1, 0.15) is 12.4 Å². The monoisotopic (exact) mass is 431 g/mol. The molecular weight excluding hydrogens is 402 g/mol. The summed E-state index contributed by atoms with van der Waals surface area (Å²) >= 11 is 0. The summed E-state index contributed by atoms with van der Waals surface area (Å²) in [6.45, 7) is 3.28. The van der Waals surface area contributed by atoms with E-state index in [4.69, 9.17) is 4.74 Å². The second kappa shape index (κ2) is 12.2. The van der Waals surface area contributed by atoms with E-state index in [-0.39, 0.29) is 18.4 Å². The maximum atomic E-state index is 12.4. The Balaban J connectivity index is 1.48. The number of benzene rings is 3. The first-order chi connectivity index (χ1) is 15.6. The number of hydrogen-bond acceptors (Lipinski definition) is 4. The third kappa shape index (κ3) is 7.47. The van der Waals surface area contributed by atoms with Crippen molar-refractivity contribution in [3.63, 3.8) is 0 Å². The third-order valence-electron chi connectivity index (χ3n) is 4.76. The second-order valence-corrected chi connectivity index (χ2v) is 7.39. The topological polar surface area (TPSA) is 79.5 Å². The predicted octanol–water partition coefficient (Wildman–Crippen LogP) is 4.85. The average molecular weight is 432 g/mol. The van der Waals surface area contributed by atoms with Gasteiger partial charge in [-0.2, -0.15) is 0 Å². The standard InChI is InChI=1S/C26H29N3O3/c1-2-3-15-27-26(31)21-11-7-12-22(16-21)28-18-25(30)29-23-13-8-14-24(17-23)32-19-20-9-5-4-6-10-20/h4-14,16-17,28H,2-3,15,18-19H2,1H3,(H,27,31)(H,29,30). The minimum absolute atomic E-state index is 0.0794. The smallest absolute Gasteiger partial charge is 0.251 e. The molecule has 0 aromatic heterocycles. The van der Waals surface area contributed by atoms with Crippen molar-refractivity contribution in [1.82, 2.24) is 5.32 Å². The second-order valence-electron chi connectivity index (χ2n) is 7.39. The Bertz CT molecular complexity index is 1020. The molecule has 3 aromatic carbocycles. The van der Waals surface area contributed by atoms with Gasteiger partial charge in [0.2, 0.25) is 5.91 Å². The summed E-state index contributed by atoms with van der Waals surface area (Å²) in [7, 11) is 0. The molecule has 166 valence electrons. The molecule has 2 amide bonds. The van der Waals surface area contributed by atoms with E-state index >= 15 is 0 Å². The Kier molecular flexibility index (Phi) is 8.69. The molecule has 0 radical (unpaired) electrons. The van der Waals surface area contributed by atoms with Crippen LogP contribution in [0.5, 0.6) is 5.75 Å². The lowest BCUT2D eigenvalue weighted by molar-refractivity contribution is -0.114. The number of hydrogen-bond donors (Lipinski definition) is 3. The van der Waals surface area contributed by atoms with Gasteiger partial charge in [0.15, 0.2) is 0 Å². The highest BCUT2D eigenvalue weighted by atomic mass is 16.5. The van der Waals surface area contributed by atoms with Crippen molar-refractivity contribution in [2.24, 2.45) is 0 Å². The molecule has 32 heavy (non-hydrogen) atoms. The van der Waals surface area contributed by atoms with Gasteiger partial charge in [-0.1, -0.05) is 55.8 Å². The molecule has 0 spiro atoms. The summed E-state index contributed by atoms with van der Waals surface area (Å²) in [5.41, 5.74) is 3.01. The van der Waals surface area contributed by atoms with E-state index in [9.17, 15) is 9.59 Å². The Morgan fingerprint density at radius 1 is 0.875 bits per heavy atom. The van der Waals surface area contributed by atoms with Gasteiger partial charge in [0.25, 0.3) is 5.91 Å². The third-order valence-corrected chi connectivity index (χ3v) is 4.76. The number of rotatable bonds is 11. The molecule has 0 aliphatic rings. The van der Waals surface area contributed by atoms with Crippen LogP contribution < -0.4 is 20.7 Å². The van der Waals surface area contributed by atoms with Crippen LogP contribution in [0.3, 0.4) is 0 Å². The zero-order valence-electron chi connectivity index (χ0n) is 18.3. The van der Waals surface area contributed by atoms with Crippen LogP contribution in [0.1, 0.15) is 35.7 Å². The van der Waals surface area contributed by atoms with Gasteiger partial charge in [-0.25, -0.2) is 0 Å². The Labute approximate surface area is 189 Å². The zero-order chi connectivity index (χ0) is 22.6. The molecule has 0 unspecified atom stereocenters. The van der Waals surface area contributed by atoms with Crippen molar-refractivity contribution in [3.05, 3.63) is 90.0 Å². The fourth-order valence-corrected chi connectivity index (χ4v) is 3.04. The number of carbonyl (C=O) groups excluding carboxylic acids is 2. The SMILES string of the molecule is CCCCNC(=O)c1cccc(NCC(=O)Nc2cccc(OCc3ccccc3)c2)c1. The molecule has 6 nitrogen and oxygen atoms in total. The maximum absolute atomic E-state index is 12.4. The number of unbranched alkanes of at least 4 members (excludes halogenated alkanes) is 1. The lowest BCUT2D eigenvalue weighted by Gasteiger charge is -2.11. The van der Waals surface area contributed by atoms with E-state index in [2.05, 4.69) is 22.9 Å². The number of nitrogens with one attached hydrogen (secondary N) is 3. The molecule has 0 bridgehead atoms. The van der Waals surface area contributed by atoms with Crippen molar-refractivity contribution in [3.8, 4) is 5.75 Å². The van der Waals surface area contributed by atoms with E-state index < -0.39 is 0 Å². The van der Waals surface area contributed by atoms with Gasteiger partial charge in [-0.05, 0) is 42.3 Å². The fraction of sp³-hybridized carbons (Fsp3) is 0.231. The molecule has 0 aliphatic carbocycles. The van der Waals surface area contributed by atoms with Crippen molar-refractivity contribution < 1.29 is 14.3 Å². The van der Waals surface area contributed by atoms with Crippen molar-refractivity contribution >= 4 is 23.2 Å². The summed E-state index contributed by atoms with van der Waals surface area (Å²) in [5, 5.41) is 8.82. The Morgan fingerprint density at radius 2 is 1.66 bits per heavy atom. The first-order valence-corrected chi connectivity index (χ1v) is 10.8. The van der Waals surface area contributed by atoms with Gasteiger partial charge in [-0.15, -0.1) is 0 Å². The lowest BCUT2D eigenvalue weighted by Crippen LogP contribution is -2.25. The first-order valence-electron chi connectivity index (χ1n) is 10.8. The molecule has 0 saturated heterocycles. The van der Waals surface area contributed by atoms with Gasteiger partial charge >= 0.3 is 0 Å². The molecular formula is C26H29N3O3. The van der Waals surface area contributed by atoms with Crippen LogP contribution in [-0.4, -0.2) is 24.9 Å². The number of ether oxygens (including phenoxy) is 1. The maximum Gasteiger partial charge on any atom is 0.251 e. The van der Waals surface area contributed by atoms with E-state index in [0.29, 0.717) is 35.8 Å². The van der Waals surface area contributed by atoms with Crippen LogP contribution in [0.2, 0.25) is 0 Å². The summed E-state index contributed by atoms with van der Waals surface area (Å²) in [5.74, 6) is 0.378. The van der Waals surface area contributed by atoms with Crippen LogP contribution in [0.4, 0.5) is 11.4 Å². The number of carbonyl (C=O) groups is 2. The normalized spacial score (nSPS) is 10.3. The molecule has 6 heteroatoms. The highest BCUT2D eigenvalue weighted by Gasteiger charge is 2.07. The van der Waals surface area contributed by atoms with E-state index in [1.165, 1.54) is 0 Å². The highest BCUT2D eigenvalue weighted by Crippen LogP contribution is 2.19. The molecule has 0 aliphatic heterocycles. The summed E-state index contributed by atoms with van der Waals surface area (Å²) < 4.78 is 5.81. The van der Waals surface area contributed by atoms with E-state index in [0.717, 1.165) is 18.4 Å². The molecule has 3 aromatic rings. The lowest BCUT2D eigenvalue weighted by atomic mass is 10.2. The summed E-state index contributed by atoms with van der Waals surface area (Å²) in [6.07, 6.45) is 1.97. The van der Waals surface area contributed by atoms with Crippen LogP contribution in [-0.2, 0) is 11.4 Å². The minimum atomic E-state index is -0.192. The molecule has 0 atom stereocenters. The van der Waals surface area contributed by atoms with Gasteiger partial charge in [-0.3, -0.25) is 9.59 Å². The molecule has 3 rings (SSSR count). The summed E-state index contributed by atoms with van der Waals surface area (Å²) in [6, 6.07) is 24.3.